The van der Waals surface area contributed by atoms with Gasteiger partial charge in [-0.15, -0.1) is 0 Å². The SMILES string of the molecule is CCc1nc(C(=O)OC)c(N)n1-c1ccc(F)cc1Cl. The van der Waals surface area contributed by atoms with E-state index < -0.39 is 11.8 Å². The Bertz CT molecular complexity index is 670. The number of esters is 1. The molecule has 5 nitrogen and oxygen atoms in total. The minimum absolute atomic E-state index is 0.0183. The van der Waals surface area contributed by atoms with Crippen molar-refractivity contribution in [3.63, 3.8) is 0 Å². The maximum Gasteiger partial charge on any atom is 0.360 e. The normalized spacial score (nSPS) is 10.6. The molecule has 0 amide bonds. The third kappa shape index (κ3) is 2.34. The van der Waals surface area contributed by atoms with Gasteiger partial charge in [0.05, 0.1) is 17.8 Å². The molecular weight excluding hydrogens is 285 g/mol. The van der Waals surface area contributed by atoms with Crippen LogP contribution >= 0.6 is 11.6 Å². The summed E-state index contributed by atoms with van der Waals surface area (Å²) >= 11 is 6.03. The van der Waals surface area contributed by atoms with Crippen LogP contribution in [0.15, 0.2) is 18.2 Å². The van der Waals surface area contributed by atoms with Gasteiger partial charge in [-0.1, -0.05) is 18.5 Å². The molecule has 0 unspecified atom stereocenters. The zero-order valence-corrected chi connectivity index (χ0v) is 11.7. The first-order valence-corrected chi connectivity index (χ1v) is 6.28. The summed E-state index contributed by atoms with van der Waals surface area (Å²) in [7, 11) is 1.25. The van der Waals surface area contributed by atoms with Crippen molar-refractivity contribution in [3.8, 4) is 5.69 Å². The van der Waals surface area contributed by atoms with Crippen LogP contribution in [0.1, 0.15) is 23.2 Å². The van der Waals surface area contributed by atoms with Crippen LogP contribution < -0.4 is 5.73 Å². The van der Waals surface area contributed by atoms with Gasteiger partial charge >= 0.3 is 5.97 Å². The number of ether oxygens (including phenoxy) is 1. The third-order valence-corrected chi connectivity index (χ3v) is 3.13. The van der Waals surface area contributed by atoms with Gasteiger partial charge in [-0.05, 0) is 18.2 Å². The zero-order chi connectivity index (χ0) is 14.9. The van der Waals surface area contributed by atoms with Crippen LogP contribution in [0, 0.1) is 5.82 Å². The first kappa shape index (κ1) is 14.3. The molecule has 0 bridgehead atoms. The Balaban J connectivity index is 2.67. The summed E-state index contributed by atoms with van der Waals surface area (Å²) in [5.74, 6) is -0.434. The molecule has 7 heteroatoms. The van der Waals surface area contributed by atoms with Crippen LogP contribution in [-0.4, -0.2) is 22.6 Å². The van der Waals surface area contributed by atoms with Crippen molar-refractivity contribution in [1.82, 2.24) is 9.55 Å². The van der Waals surface area contributed by atoms with E-state index in [4.69, 9.17) is 17.3 Å². The molecule has 0 spiro atoms. The number of hydrogen-bond acceptors (Lipinski definition) is 4. The van der Waals surface area contributed by atoms with Crippen molar-refractivity contribution in [2.24, 2.45) is 0 Å². The minimum Gasteiger partial charge on any atom is -0.464 e. The average Bonchev–Trinajstić information content (AvgIpc) is 2.75. The van der Waals surface area contributed by atoms with Gasteiger partial charge in [0.2, 0.25) is 0 Å². The van der Waals surface area contributed by atoms with Gasteiger partial charge in [0.1, 0.15) is 17.5 Å². The fraction of sp³-hybridized carbons (Fsp3) is 0.231. The number of imidazole rings is 1. The van der Waals surface area contributed by atoms with Gasteiger partial charge in [-0.25, -0.2) is 14.2 Å². The van der Waals surface area contributed by atoms with E-state index in [-0.39, 0.29) is 16.5 Å². The number of nitrogens with zero attached hydrogens (tertiary/aromatic N) is 2. The van der Waals surface area contributed by atoms with E-state index in [0.29, 0.717) is 17.9 Å². The number of nitrogens with two attached hydrogens (primary N) is 1. The summed E-state index contributed by atoms with van der Waals surface area (Å²) in [4.78, 5) is 15.8. The number of carbonyl (C=O) groups is 1. The second-order valence-corrected chi connectivity index (χ2v) is 4.45. The summed E-state index contributed by atoms with van der Waals surface area (Å²) in [6.45, 7) is 1.86. The number of anilines is 1. The Morgan fingerprint density at radius 2 is 2.25 bits per heavy atom. The van der Waals surface area contributed by atoms with Crippen LogP contribution in [-0.2, 0) is 11.2 Å². The van der Waals surface area contributed by atoms with E-state index in [1.54, 1.807) is 0 Å². The molecule has 106 valence electrons. The van der Waals surface area contributed by atoms with Crippen molar-refractivity contribution in [2.45, 2.75) is 13.3 Å². The molecule has 2 rings (SSSR count). The summed E-state index contributed by atoms with van der Waals surface area (Å²) in [6, 6.07) is 3.92. The highest BCUT2D eigenvalue weighted by Gasteiger charge is 2.22. The lowest BCUT2D eigenvalue weighted by Gasteiger charge is -2.10. The van der Waals surface area contributed by atoms with Crippen molar-refractivity contribution in [2.75, 3.05) is 12.8 Å². The lowest BCUT2D eigenvalue weighted by Crippen LogP contribution is -2.08. The van der Waals surface area contributed by atoms with Crippen LogP contribution in [0.2, 0.25) is 5.02 Å². The second-order valence-electron chi connectivity index (χ2n) is 4.04. The molecule has 0 radical (unpaired) electrons. The number of carbonyl (C=O) groups excluding carboxylic acids is 1. The number of hydrogen-bond donors (Lipinski definition) is 1. The summed E-state index contributed by atoms with van der Waals surface area (Å²) in [5.41, 5.74) is 6.42. The largest absolute Gasteiger partial charge is 0.464 e. The van der Waals surface area contributed by atoms with Crippen molar-refractivity contribution >= 4 is 23.4 Å². The molecule has 1 aromatic carbocycles. The monoisotopic (exact) mass is 297 g/mol. The number of nitrogen functional groups attached to an aromatic ring is 1. The highest BCUT2D eigenvalue weighted by molar-refractivity contribution is 6.32. The van der Waals surface area contributed by atoms with E-state index >= 15 is 0 Å². The summed E-state index contributed by atoms with van der Waals surface area (Å²) < 4.78 is 19.3. The maximum absolute atomic E-state index is 13.1. The molecule has 0 aliphatic rings. The minimum atomic E-state index is -0.630. The lowest BCUT2D eigenvalue weighted by atomic mass is 10.3. The summed E-state index contributed by atoms with van der Waals surface area (Å²) in [5, 5.41) is 0.181. The van der Waals surface area contributed by atoms with Gasteiger partial charge in [0, 0.05) is 6.42 Å². The predicted octanol–water partition coefficient (Wildman–Crippen LogP) is 2.60. The van der Waals surface area contributed by atoms with E-state index in [0.717, 1.165) is 0 Å². The molecule has 2 aromatic rings. The molecule has 1 aromatic heterocycles. The number of rotatable bonds is 3. The smallest absolute Gasteiger partial charge is 0.360 e. The topological polar surface area (TPSA) is 70.1 Å². The highest BCUT2D eigenvalue weighted by Crippen LogP contribution is 2.28. The standard InChI is InChI=1S/C13H13ClFN3O2/c1-3-10-17-11(13(19)20-2)12(16)18(10)9-5-4-7(15)6-8(9)14/h4-6H,3,16H2,1-2H3. The quantitative estimate of drug-likeness (QED) is 0.884. The van der Waals surface area contributed by atoms with E-state index in [2.05, 4.69) is 9.72 Å². The van der Waals surface area contributed by atoms with Gasteiger partial charge in [0.25, 0.3) is 0 Å². The van der Waals surface area contributed by atoms with Crippen LogP contribution in [0.25, 0.3) is 5.69 Å². The Kier molecular flexibility index (Phi) is 3.94. The van der Waals surface area contributed by atoms with Crippen molar-refractivity contribution in [1.29, 1.82) is 0 Å². The van der Waals surface area contributed by atoms with Gasteiger partial charge in [0.15, 0.2) is 5.69 Å². The lowest BCUT2D eigenvalue weighted by molar-refractivity contribution is 0.0596. The molecule has 0 aliphatic heterocycles. The highest BCUT2D eigenvalue weighted by atomic mass is 35.5. The molecule has 20 heavy (non-hydrogen) atoms. The number of halogens is 2. The summed E-state index contributed by atoms with van der Waals surface area (Å²) in [6.07, 6.45) is 0.523. The second kappa shape index (κ2) is 5.50. The Morgan fingerprint density at radius 1 is 1.55 bits per heavy atom. The van der Waals surface area contributed by atoms with Gasteiger partial charge in [-0.2, -0.15) is 0 Å². The molecule has 0 fully saturated rings. The van der Waals surface area contributed by atoms with Crippen LogP contribution in [0.3, 0.4) is 0 Å². The zero-order valence-electron chi connectivity index (χ0n) is 11.0. The average molecular weight is 298 g/mol. The predicted molar refractivity (Wildman–Crippen MR) is 73.7 cm³/mol. The number of benzene rings is 1. The molecular formula is C13H13ClFN3O2. The van der Waals surface area contributed by atoms with E-state index in [9.17, 15) is 9.18 Å². The fourth-order valence-electron chi connectivity index (χ4n) is 1.90. The van der Waals surface area contributed by atoms with Crippen LogP contribution in [0.5, 0.6) is 0 Å². The van der Waals surface area contributed by atoms with Crippen molar-refractivity contribution < 1.29 is 13.9 Å². The fourth-order valence-corrected chi connectivity index (χ4v) is 2.15. The maximum atomic E-state index is 13.1. The molecule has 1 heterocycles. The van der Waals surface area contributed by atoms with Gasteiger partial charge in [-0.3, -0.25) is 4.57 Å². The first-order chi connectivity index (χ1) is 9.49. The molecule has 0 atom stereocenters. The van der Waals surface area contributed by atoms with E-state index in [1.807, 2.05) is 6.92 Å². The van der Waals surface area contributed by atoms with Gasteiger partial charge < -0.3 is 10.5 Å². The third-order valence-electron chi connectivity index (χ3n) is 2.83. The Hall–Kier alpha value is -2.08. The Labute approximate surface area is 120 Å². The molecule has 0 saturated heterocycles. The Morgan fingerprint density at radius 3 is 2.80 bits per heavy atom. The molecule has 0 aliphatic carbocycles. The number of aromatic nitrogens is 2. The van der Waals surface area contributed by atoms with Crippen molar-refractivity contribution in [3.05, 3.63) is 40.6 Å². The van der Waals surface area contributed by atoms with Crippen LogP contribution in [0.4, 0.5) is 10.2 Å². The number of aryl methyl sites for hydroxylation is 1. The number of methoxy groups -OCH3 is 1. The molecule has 2 N–H and O–H groups in total. The van der Waals surface area contributed by atoms with E-state index in [1.165, 1.54) is 29.9 Å². The first-order valence-electron chi connectivity index (χ1n) is 5.90. The molecule has 0 saturated carbocycles.